The van der Waals surface area contributed by atoms with Crippen molar-refractivity contribution in [3.8, 4) is 0 Å². The van der Waals surface area contributed by atoms with Crippen LogP contribution in [0.5, 0.6) is 0 Å². The second-order valence-corrected chi connectivity index (χ2v) is 8.90. The number of carbonyl (C=O) groups excluding carboxylic acids is 1. The normalized spacial score (nSPS) is 12.6. The highest BCUT2D eigenvalue weighted by molar-refractivity contribution is 5.99. The Bertz CT molecular complexity index is 1540. The third-order valence-electron chi connectivity index (χ3n) is 6.04. The number of methoxy groups -OCH3 is 1. The number of hydrogen-bond donors (Lipinski definition) is 5. The molecular weight excluding hydrogens is 531 g/mol. The summed E-state index contributed by atoms with van der Waals surface area (Å²) in [5.41, 5.74) is 6.51. The van der Waals surface area contributed by atoms with Gasteiger partial charge >= 0.3 is 6.09 Å². The lowest BCUT2D eigenvalue weighted by atomic mass is 10.00. The Morgan fingerprint density at radius 3 is 2.48 bits per heavy atom. The van der Waals surface area contributed by atoms with E-state index >= 15 is 4.39 Å². The van der Waals surface area contributed by atoms with Crippen LogP contribution in [0.15, 0.2) is 48.7 Å². The lowest BCUT2D eigenvalue weighted by Gasteiger charge is -2.27. The summed E-state index contributed by atoms with van der Waals surface area (Å²) in [4.78, 5) is 27.6. The molecule has 2 amide bonds. The summed E-state index contributed by atoms with van der Waals surface area (Å²) < 4.78 is 50.0. The fourth-order valence-corrected chi connectivity index (χ4v) is 4.21. The summed E-state index contributed by atoms with van der Waals surface area (Å²) >= 11 is 0. The molecule has 0 saturated carbocycles. The summed E-state index contributed by atoms with van der Waals surface area (Å²) in [6, 6.07) is 6.56. The molecule has 210 valence electrons. The number of nitrogens with one attached hydrogen (secondary N) is 3. The second kappa shape index (κ2) is 11.9. The van der Waals surface area contributed by atoms with E-state index in [4.69, 9.17) is 10.5 Å². The van der Waals surface area contributed by atoms with Crippen molar-refractivity contribution in [1.82, 2.24) is 20.1 Å². The Hall–Kier alpha value is -4.85. The number of primary amides is 1. The van der Waals surface area contributed by atoms with Crippen LogP contribution in [-0.2, 0) is 11.3 Å². The number of aromatic nitrogens is 3. The fraction of sp³-hybridized carbons (Fsp3) is 0.231. The molecule has 2 atom stereocenters. The number of halogens is 3. The van der Waals surface area contributed by atoms with Crippen LogP contribution >= 0.6 is 0 Å². The maximum atomic E-state index is 15.1. The smallest absolute Gasteiger partial charge is 0.404 e. The standard InChI is InChI=1S/C26H26F3N7O4/c1-13(32-26(38)39)22(14-7-16(27)10-17(28)8-14)34-25-20(29)11-19(23(30)37)24(35-25)33-18-3-4-21-15(9-18)12-31-36(21)5-6-40-2/h3-4,7-13,22,32H,5-6H2,1-2H3,(H2,30,37)(H,38,39)(H2,33,34,35)/t13-,22-/m0/s1. The summed E-state index contributed by atoms with van der Waals surface area (Å²) in [7, 11) is 1.59. The van der Waals surface area contributed by atoms with Gasteiger partial charge in [0, 0.05) is 24.2 Å². The minimum atomic E-state index is -1.41. The van der Waals surface area contributed by atoms with E-state index in [1.165, 1.54) is 6.92 Å². The van der Waals surface area contributed by atoms with Gasteiger partial charge in [0.1, 0.15) is 17.5 Å². The molecule has 4 aromatic rings. The van der Waals surface area contributed by atoms with Crippen molar-refractivity contribution >= 4 is 40.2 Å². The number of carboxylic acid groups (broad SMARTS) is 1. The van der Waals surface area contributed by atoms with Gasteiger partial charge in [0.2, 0.25) is 0 Å². The Morgan fingerprint density at radius 2 is 1.82 bits per heavy atom. The van der Waals surface area contributed by atoms with E-state index in [0.717, 1.165) is 29.1 Å². The number of rotatable bonds is 11. The van der Waals surface area contributed by atoms with E-state index in [1.807, 2.05) is 0 Å². The lowest BCUT2D eigenvalue weighted by molar-refractivity contribution is 0.1000. The quantitative estimate of drug-likeness (QED) is 0.184. The molecule has 4 rings (SSSR count). The highest BCUT2D eigenvalue weighted by Crippen LogP contribution is 2.30. The van der Waals surface area contributed by atoms with Gasteiger partial charge in [-0.2, -0.15) is 5.10 Å². The number of anilines is 3. The Kier molecular flexibility index (Phi) is 8.38. The number of pyridine rings is 1. The molecule has 11 nitrogen and oxygen atoms in total. The van der Waals surface area contributed by atoms with Crippen LogP contribution in [0.1, 0.15) is 28.9 Å². The van der Waals surface area contributed by atoms with Crippen molar-refractivity contribution in [2.75, 3.05) is 24.4 Å². The van der Waals surface area contributed by atoms with E-state index in [0.29, 0.717) is 24.9 Å². The molecule has 0 unspecified atom stereocenters. The SMILES string of the molecule is COCCn1ncc2cc(Nc3nc(N[C@H](c4cc(F)cc(F)c4)[C@H](C)NC(=O)O)c(F)cc3C(N)=O)ccc21. The molecule has 0 bridgehead atoms. The Labute approximate surface area is 226 Å². The maximum Gasteiger partial charge on any atom is 0.404 e. The van der Waals surface area contributed by atoms with Crippen LogP contribution in [-0.4, -0.2) is 51.6 Å². The van der Waals surface area contributed by atoms with Gasteiger partial charge in [0.05, 0.1) is 42.5 Å². The van der Waals surface area contributed by atoms with Crippen LogP contribution < -0.4 is 21.7 Å². The third kappa shape index (κ3) is 6.40. The van der Waals surface area contributed by atoms with Gasteiger partial charge in [-0.3, -0.25) is 9.48 Å². The molecule has 2 aromatic carbocycles. The number of fused-ring (bicyclic) bond motifs is 1. The third-order valence-corrected chi connectivity index (χ3v) is 6.04. The van der Waals surface area contributed by atoms with Crippen LogP contribution in [0.3, 0.4) is 0 Å². The first kappa shape index (κ1) is 28.2. The predicted molar refractivity (Wildman–Crippen MR) is 141 cm³/mol. The number of carbonyl (C=O) groups is 2. The lowest BCUT2D eigenvalue weighted by Crippen LogP contribution is -2.39. The Morgan fingerprint density at radius 1 is 1.10 bits per heavy atom. The molecule has 14 heteroatoms. The van der Waals surface area contributed by atoms with Crippen molar-refractivity contribution < 1.29 is 32.6 Å². The average Bonchev–Trinajstić information content (AvgIpc) is 3.28. The second-order valence-electron chi connectivity index (χ2n) is 8.90. The minimum Gasteiger partial charge on any atom is -0.465 e. The zero-order valence-electron chi connectivity index (χ0n) is 21.4. The first-order chi connectivity index (χ1) is 19.0. The molecule has 6 N–H and O–H groups in total. The van der Waals surface area contributed by atoms with Gasteiger partial charge in [-0.05, 0) is 48.9 Å². The first-order valence-corrected chi connectivity index (χ1v) is 12.0. The van der Waals surface area contributed by atoms with Gasteiger partial charge in [0.15, 0.2) is 11.6 Å². The van der Waals surface area contributed by atoms with E-state index < -0.39 is 47.4 Å². The van der Waals surface area contributed by atoms with Crippen molar-refractivity contribution in [3.05, 3.63) is 77.2 Å². The molecule has 0 saturated heterocycles. The highest BCUT2D eigenvalue weighted by Gasteiger charge is 2.25. The van der Waals surface area contributed by atoms with E-state index in [2.05, 4.69) is 26.0 Å². The number of nitrogens with two attached hydrogens (primary N) is 1. The van der Waals surface area contributed by atoms with Crippen LogP contribution in [0.2, 0.25) is 0 Å². The number of amides is 2. The van der Waals surface area contributed by atoms with E-state index in [-0.39, 0.29) is 16.9 Å². The molecule has 0 spiro atoms. The number of hydrogen-bond acceptors (Lipinski definition) is 7. The summed E-state index contributed by atoms with van der Waals surface area (Å²) in [6.45, 7) is 2.43. The van der Waals surface area contributed by atoms with Crippen LogP contribution in [0, 0.1) is 17.5 Å². The van der Waals surface area contributed by atoms with Crippen LogP contribution in [0.25, 0.3) is 10.9 Å². The summed E-state index contributed by atoms with van der Waals surface area (Å²) in [5.74, 6) is -4.31. The molecule has 0 fully saturated rings. The predicted octanol–water partition coefficient (Wildman–Crippen LogP) is 4.15. The monoisotopic (exact) mass is 557 g/mol. The molecule has 0 radical (unpaired) electrons. The van der Waals surface area contributed by atoms with Gasteiger partial charge in [-0.25, -0.2) is 22.9 Å². The fourth-order valence-electron chi connectivity index (χ4n) is 4.21. The number of nitrogens with zero attached hydrogens (tertiary/aromatic N) is 3. The van der Waals surface area contributed by atoms with E-state index in [1.54, 1.807) is 36.2 Å². The van der Waals surface area contributed by atoms with E-state index in [9.17, 15) is 23.5 Å². The maximum absolute atomic E-state index is 15.1. The number of ether oxygens (including phenoxy) is 1. The molecule has 0 aliphatic carbocycles. The van der Waals surface area contributed by atoms with Gasteiger partial charge in [-0.1, -0.05) is 0 Å². The van der Waals surface area contributed by atoms with Crippen molar-refractivity contribution in [2.24, 2.45) is 5.73 Å². The molecule has 40 heavy (non-hydrogen) atoms. The zero-order chi connectivity index (χ0) is 29.0. The topological polar surface area (TPSA) is 156 Å². The van der Waals surface area contributed by atoms with Crippen molar-refractivity contribution in [1.29, 1.82) is 0 Å². The molecule has 0 aliphatic heterocycles. The average molecular weight is 558 g/mol. The Balaban J connectivity index is 1.71. The molecule has 2 aromatic heterocycles. The largest absolute Gasteiger partial charge is 0.465 e. The van der Waals surface area contributed by atoms with Crippen LogP contribution in [0.4, 0.5) is 35.3 Å². The van der Waals surface area contributed by atoms with Gasteiger partial charge < -0.3 is 31.5 Å². The first-order valence-electron chi connectivity index (χ1n) is 12.0. The van der Waals surface area contributed by atoms with Crippen molar-refractivity contribution in [3.63, 3.8) is 0 Å². The molecule has 0 aliphatic rings. The van der Waals surface area contributed by atoms with Crippen molar-refractivity contribution in [2.45, 2.75) is 25.6 Å². The minimum absolute atomic E-state index is 0.00984. The summed E-state index contributed by atoms with van der Waals surface area (Å²) in [5, 5.41) is 22.1. The highest BCUT2D eigenvalue weighted by atomic mass is 19.1. The zero-order valence-corrected chi connectivity index (χ0v) is 21.4. The molecule has 2 heterocycles. The summed E-state index contributed by atoms with van der Waals surface area (Å²) in [6.07, 6.45) is 0.243. The molecular formula is C26H26F3N7O4. The van der Waals surface area contributed by atoms with Gasteiger partial charge in [0.25, 0.3) is 5.91 Å². The number of benzene rings is 2. The van der Waals surface area contributed by atoms with Gasteiger partial charge in [-0.15, -0.1) is 0 Å².